The molecule has 130 valence electrons. The van der Waals surface area contributed by atoms with Gasteiger partial charge in [0.1, 0.15) is 5.76 Å². The number of rotatable bonds is 3. The number of nitrogens with zero attached hydrogens (tertiary/aromatic N) is 2. The summed E-state index contributed by atoms with van der Waals surface area (Å²) in [6, 6.07) is 2.69. The zero-order valence-electron chi connectivity index (χ0n) is 14.6. The molecule has 5 nitrogen and oxygen atoms in total. The van der Waals surface area contributed by atoms with Crippen molar-refractivity contribution in [2.45, 2.75) is 64.5 Å². The Bertz CT molecular complexity index is 662. The minimum atomic E-state index is 0.00567. The number of aryl methyl sites for hydroxylation is 2. The molecule has 0 spiro atoms. The number of carbonyl (C=O) groups excluding carboxylic acids is 2. The number of piperidine rings is 2. The normalized spacial score (nSPS) is 27.3. The first kappa shape index (κ1) is 15.7. The van der Waals surface area contributed by atoms with Crippen LogP contribution in [0.1, 0.15) is 60.9 Å². The van der Waals surface area contributed by atoms with E-state index in [0.717, 1.165) is 56.5 Å². The number of hydrogen-bond acceptors (Lipinski definition) is 3. The van der Waals surface area contributed by atoms with Gasteiger partial charge in [-0.3, -0.25) is 9.59 Å². The third kappa shape index (κ3) is 2.64. The Morgan fingerprint density at radius 2 is 2.08 bits per heavy atom. The lowest BCUT2D eigenvalue weighted by Crippen LogP contribution is -2.57. The first-order valence-electron chi connectivity index (χ1n) is 9.28. The summed E-state index contributed by atoms with van der Waals surface area (Å²) in [7, 11) is 0. The van der Waals surface area contributed by atoms with Crippen LogP contribution in [0.25, 0.3) is 0 Å². The zero-order valence-corrected chi connectivity index (χ0v) is 14.6. The molecule has 0 bridgehead atoms. The van der Waals surface area contributed by atoms with E-state index in [-0.39, 0.29) is 5.91 Å². The van der Waals surface area contributed by atoms with Crippen LogP contribution < -0.4 is 0 Å². The van der Waals surface area contributed by atoms with E-state index in [4.69, 9.17) is 4.42 Å². The maximum atomic E-state index is 12.8. The van der Waals surface area contributed by atoms with Gasteiger partial charge in [0.15, 0.2) is 5.76 Å². The van der Waals surface area contributed by atoms with Crippen molar-refractivity contribution in [2.24, 2.45) is 5.92 Å². The van der Waals surface area contributed by atoms with Crippen molar-refractivity contribution in [1.29, 1.82) is 0 Å². The molecule has 1 saturated carbocycles. The van der Waals surface area contributed by atoms with Gasteiger partial charge in [0, 0.05) is 38.0 Å². The Balaban J connectivity index is 1.47. The van der Waals surface area contributed by atoms with Crippen LogP contribution >= 0.6 is 0 Å². The molecule has 5 heteroatoms. The van der Waals surface area contributed by atoms with Crippen LogP contribution in [0.3, 0.4) is 0 Å². The Labute approximate surface area is 143 Å². The van der Waals surface area contributed by atoms with Crippen molar-refractivity contribution in [2.75, 3.05) is 13.1 Å². The quantitative estimate of drug-likeness (QED) is 0.856. The molecule has 3 fully saturated rings. The SMILES string of the molecule is CCc1oc(C(=O)N2CC[C@@H]3[C@@H](CCC(=O)N3C3CC3)C2)cc1C. The Morgan fingerprint density at radius 1 is 1.29 bits per heavy atom. The number of likely N-dealkylation sites (tertiary alicyclic amines) is 2. The minimum absolute atomic E-state index is 0.00567. The number of fused-ring (bicyclic) bond motifs is 1. The van der Waals surface area contributed by atoms with Crippen LogP contribution in [0.2, 0.25) is 0 Å². The molecule has 1 aliphatic carbocycles. The third-order valence-corrected chi connectivity index (χ3v) is 5.85. The third-order valence-electron chi connectivity index (χ3n) is 5.85. The summed E-state index contributed by atoms with van der Waals surface area (Å²) in [4.78, 5) is 29.2. The van der Waals surface area contributed by atoms with Gasteiger partial charge in [-0.15, -0.1) is 0 Å². The molecule has 24 heavy (non-hydrogen) atoms. The highest BCUT2D eigenvalue weighted by Gasteiger charge is 2.46. The van der Waals surface area contributed by atoms with Crippen molar-refractivity contribution in [3.05, 3.63) is 23.2 Å². The summed E-state index contributed by atoms with van der Waals surface area (Å²) in [5, 5.41) is 0. The molecule has 4 rings (SSSR count). The highest BCUT2D eigenvalue weighted by Crippen LogP contribution is 2.39. The Kier molecular flexibility index (Phi) is 3.89. The van der Waals surface area contributed by atoms with Gasteiger partial charge < -0.3 is 14.2 Å². The van der Waals surface area contributed by atoms with Gasteiger partial charge in [0.2, 0.25) is 5.91 Å². The molecular formula is C19H26N2O3. The van der Waals surface area contributed by atoms with Crippen molar-refractivity contribution in [1.82, 2.24) is 9.80 Å². The van der Waals surface area contributed by atoms with E-state index in [1.807, 2.05) is 24.8 Å². The predicted octanol–water partition coefficient (Wildman–Crippen LogP) is 2.77. The van der Waals surface area contributed by atoms with Crippen LogP contribution in [0.4, 0.5) is 0 Å². The minimum Gasteiger partial charge on any atom is -0.456 e. The molecule has 0 aromatic carbocycles. The second-order valence-corrected chi connectivity index (χ2v) is 7.51. The van der Waals surface area contributed by atoms with Gasteiger partial charge in [-0.25, -0.2) is 0 Å². The Hall–Kier alpha value is -1.78. The number of hydrogen-bond donors (Lipinski definition) is 0. The number of carbonyl (C=O) groups is 2. The van der Waals surface area contributed by atoms with E-state index in [0.29, 0.717) is 36.1 Å². The van der Waals surface area contributed by atoms with Crippen LogP contribution in [0.15, 0.2) is 10.5 Å². The van der Waals surface area contributed by atoms with E-state index in [2.05, 4.69) is 4.90 Å². The first-order chi connectivity index (χ1) is 11.6. The second-order valence-electron chi connectivity index (χ2n) is 7.51. The summed E-state index contributed by atoms with van der Waals surface area (Å²) < 4.78 is 5.75. The molecule has 3 heterocycles. The first-order valence-corrected chi connectivity index (χ1v) is 9.28. The number of amides is 2. The largest absolute Gasteiger partial charge is 0.456 e. The highest BCUT2D eigenvalue weighted by molar-refractivity contribution is 5.92. The molecule has 0 N–H and O–H groups in total. The van der Waals surface area contributed by atoms with E-state index < -0.39 is 0 Å². The van der Waals surface area contributed by atoms with Crippen molar-refractivity contribution in [3.8, 4) is 0 Å². The molecule has 1 aromatic rings. The van der Waals surface area contributed by atoms with E-state index >= 15 is 0 Å². The zero-order chi connectivity index (χ0) is 16.8. The predicted molar refractivity (Wildman–Crippen MR) is 89.7 cm³/mol. The Morgan fingerprint density at radius 3 is 2.75 bits per heavy atom. The van der Waals surface area contributed by atoms with E-state index in [1.54, 1.807) is 0 Å². The fourth-order valence-electron chi connectivity index (χ4n) is 4.44. The fourth-order valence-corrected chi connectivity index (χ4v) is 4.44. The van der Waals surface area contributed by atoms with Crippen molar-refractivity contribution in [3.63, 3.8) is 0 Å². The lowest BCUT2D eigenvalue weighted by molar-refractivity contribution is -0.141. The van der Waals surface area contributed by atoms with Crippen LogP contribution in [-0.4, -0.2) is 46.8 Å². The molecule has 2 amide bonds. The van der Waals surface area contributed by atoms with Crippen LogP contribution in [-0.2, 0) is 11.2 Å². The maximum absolute atomic E-state index is 12.8. The average Bonchev–Trinajstić information content (AvgIpc) is 3.35. The molecule has 0 radical (unpaired) electrons. The monoisotopic (exact) mass is 330 g/mol. The van der Waals surface area contributed by atoms with Gasteiger partial charge in [0.05, 0.1) is 0 Å². The second kappa shape index (κ2) is 5.94. The van der Waals surface area contributed by atoms with Crippen molar-refractivity contribution < 1.29 is 14.0 Å². The molecule has 2 atom stereocenters. The van der Waals surface area contributed by atoms with Crippen LogP contribution in [0.5, 0.6) is 0 Å². The van der Waals surface area contributed by atoms with E-state index in [1.165, 1.54) is 0 Å². The standard InChI is InChI=1S/C19H26N2O3/c1-3-16-12(2)10-17(24-16)19(23)20-9-8-15-13(11-20)4-7-18(22)21(15)14-5-6-14/h10,13-15H,3-9,11H2,1-2H3/t13-,15+/m0/s1. The lowest BCUT2D eigenvalue weighted by Gasteiger charge is -2.47. The van der Waals surface area contributed by atoms with Crippen LogP contribution in [0, 0.1) is 12.8 Å². The molecule has 1 aromatic heterocycles. The van der Waals surface area contributed by atoms with E-state index in [9.17, 15) is 9.59 Å². The van der Waals surface area contributed by atoms with Gasteiger partial charge in [-0.1, -0.05) is 6.92 Å². The molecule has 2 aliphatic heterocycles. The maximum Gasteiger partial charge on any atom is 0.289 e. The van der Waals surface area contributed by atoms with Gasteiger partial charge in [0.25, 0.3) is 5.91 Å². The summed E-state index contributed by atoms with van der Waals surface area (Å²) in [5.41, 5.74) is 1.05. The smallest absolute Gasteiger partial charge is 0.289 e. The average molecular weight is 330 g/mol. The molecular weight excluding hydrogens is 304 g/mol. The molecule has 2 saturated heterocycles. The van der Waals surface area contributed by atoms with Gasteiger partial charge in [-0.2, -0.15) is 0 Å². The van der Waals surface area contributed by atoms with Gasteiger partial charge in [-0.05, 0) is 50.2 Å². The summed E-state index contributed by atoms with van der Waals surface area (Å²) in [6.07, 6.45) is 5.57. The topological polar surface area (TPSA) is 53.8 Å². The molecule has 3 aliphatic rings. The number of furan rings is 1. The highest BCUT2D eigenvalue weighted by atomic mass is 16.4. The summed E-state index contributed by atoms with van der Waals surface area (Å²) in [5.74, 6) is 2.12. The molecule has 0 unspecified atom stereocenters. The summed E-state index contributed by atoms with van der Waals surface area (Å²) in [6.45, 7) is 5.50. The van der Waals surface area contributed by atoms with Crippen molar-refractivity contribution >= 4 is 11.8 Å². The van der Waals surface area contributed by atoms with Gasteiger partial charge >= 0.3 is 0 Å². The lowest BCUT2D eigenvalue weighted by atomic mass is 9.83. The summed E-state index contributed by atoms with van der Waals surface area (Å²) >= 11 is 0. The fraction of sp³-hybridized carbons (Fsp3) is 0.684.